The molecule has 9 heteroatoms. The van der Waals surface area contributed by atoms with Crippen molar-refractivity contribution >= 4 is 23.9 Å². The second-order valence-electron chi connectivity index (χ2n) is 4.90. The molecule has 2 saturated heterocycles. The van der Waals surface area contributed by atoms with Crippen molar-refractivity contribution in [3.8, 4) is 0 Å². The molecular weight excluding hydrogens is 308 g/mol. The maximum Gasteiger partial charge on any atom is 0.351 e. The normalized spacial score (nSPS) is 26.0. The fourth-order valence-corrected chi connectivity index (χ4v) is 3.14. The summed E-state index contributed by atoms with van der Waals surface area (Å²) < 4.78 is 12.2. The molecule has 22 heavy (non-hydrogen) atoms. The average Bonchev–Trinajstić information content (AvgIpc) is 3.03. The Morgan fingerprint density at radius 2 is 2.32 bits per heavy atom. The van der Waals surface area contributed by atoms with Crippen LogP contribution in [0.3, 0.4) is 0 Å². The molecule has 8 nitrogen and oxygen atoms in total. The van der Waals surface area contributed by atoms with Crippen LogP contribution in [0.1, 0.15) is 6.23 Å². The average molecular weight is 326 g/mol. The molecule has 0 amide bonds. The number of ether oxygens (including phenoxy) is 2. The molecular formula is C13H18N4O4S. The predicted molar refractivity (Wildman–Crippen MR) is 82.5 cm³/mol. The Kier molecular flexibility index (Phi) is 5.08. The predicted octanol–water partition coefficient (Wildman–Crippen LogP) is -0.184. The molecule has 0 aromatic carbocycles. The molecule has 1 aromatic heterocycles. The zero-order valence-corrected chi connectivity index (χ0v) is 12.8. The molecule has 2 atom stereocenters. The standard InChI is InChI=1S/C13H18N4O4S/c18-7-12-21-11(8-22-12)17-2-1-10(15-13(17)19)14-9-16-3-5-20-6-4-16/h1-2,9,11-12,18H,3-8H2/t11-,12+/m0/s1. The first-order chi connectivity index (χ1) is 10.8. The van der Waals surface area contributed by atoms with Gasteiger partial charge in [0, 0.05) is 25.0 Å². The van der Waals surface area contributed by atoms with Crippen LogP contribution in [0.25, 0.3) is 0 Å². The van der Waals surface area contributed by atoms with Crippen molar-refractivity contribution < 1.29 is 14.6 Å². The lowest BCUT2D eigenvalue weighted by molar-refractivity contribution is -0.00630. The summed E-state index contributed by atoms with van der Waals surface area (Å²) in [5.41, 5.74) is -0.684. The SMILES string of the molecule is O=c1nc(N=CN2CCOCC2)ccn1[C@@H]1CS[C@H](CO)O1. The van der Waals surface area contributed by atoms with Gasteiger partial charge in [-0.15, -0.1) is 11.8 Å². The molecule has 2 fully saturated rings. The number of nitrogens with zero attached hydrogens (tertiary/aromatic N) is 4. The van der Waals surface area contributed by atoms with Gasteiger partial charge in [-0.2, -0.15) is 4.98 Å². The lowest BCUT2D eigenvalue weighted by atomic mass is 10.5. The van der Waals surface area contributed by atoms with Crippen LogP contribution in [0, 0.1) is 0 Å². The Morgan fingerprint density at radius 1 is 1.50 bits per heavy atom. The second kappa shape index (κ2) is 7.23. The summed E-state index contributed by atoms with van der Waals surface area (Å²) in [6.07, 6.45) is 2.93. The van der Waals surface area contributed by atoms with E-state index in [4.69, 9.17) is 14.6 Å². The zero-order valence-electron chi connectivity index (χ0n) is 12.0. The molecule has 0 unspecified atom stereocenters. The molecule has 120 valence electrons. The number of hydrogen-bond acceptors (Lipinski definition) is 7. The number of hydrogen-bond donors (Lipinski definition) is 1. The van der Waals surface area contributed by atoms with E-state index in [1.54, 1.807) is 18.6 Å². The number of thioether (sulfide) groups is 1. The van der Waals surface area contributed by atoms with E-state index in [0.717, 1.165) is 13.1 Å². The van der Waals surface area contributed by atoms with Crippen LogP contribution >= 0.6 is 11.8 Å². The molecule has 0 aliphatic carbocycles. The third-order valence-corrected chi connectivity index (χ3v) is 4.52. The minimum Gasteiger partial charge on any atom is -0.393 e. The van der Waals surface area contributed by atoms with Crippen molar-refractivity contribution in [1.82, 2.24) is 14.5 Å². The van der Waals surface area contributed by atoms with E-state index < -0.39 is 5.69 Å². The van der Waals surface area contributed by atoms with E-state index in [1.807, 2.05) is 4.90 Å². The molecule has 2 aliphatic rings. The lowest BCUT2D eigenvalue weighted by Crippen LogP contribution is -2.35. The summed E-state index contributed by atoms with van der Waals surface area (Å²) in [6.45, 7) is 2.88. The highest BCUT2D eigenvalue weighted by atomic mass is 32.2. The van der Waals surface area contributed by atoms with Gasteiger partial charge in [0.1, 0.15) is 11.7 Å². The van der Waals surface area contributed by atoms with Crippen molar-refractivity contribution in [2.24, 2.45) is 4.99 Å². The molecule has 2 aliphatic heterocycles. The van der Waals surface area contributed by atoms with E-state index >= 15 is 0 Å². The summed E-state index contributed by atoms with van der Waals surface area (Å²) in [4.78, 5) is 22.3. The van der Waals surface area contributed by atoms with E-state index in [0.29, 0.717) is 24.8 Å². The van der Waals surface area contributed by atoms with Gasteiger partial charge in [0.25, 0.3) is 0 Å². The first kappa shape index (κ1) is 15.5. The number of morpholine rings is 1. The van der Waals surface area contributed by atoms with Crippen LogP contribution in [0.15, 0.2) is 22.1 Å². The van der Waals surface area contributed by atoms with E-state index in [2.05, 4.69) is 9.98 Å². The number of aromatic nitrogens is 2. The van der Waals surface area contributed by atoms with Crippen LogP contribution in [0.5, 0.6) is 0 Å². The van der Waals surface area contributed by atoms with E-state index in [1.165, 1.54) is 16.3 Å². The van der Waals surface area contributed by atoms with Crippen LogP contribution in [-0.4, -0.2) is 70.0 Å². The van der Waals surface area contributed by atoms with Gasteiger partial charge in [-0.3, -0.25) is 4.57 Å². The molecule has 0 bridgehead atoms. The number of aliphatic hydroxyl groups excluding tert-OH is 1. The van der Waals surface area contributed by atoms with E-state index in [-0.39, 0.29) is 18.3 Å². The van der Waals surface area contributed by atoms with Crippen LogP contribution in [0.2, 0.25) is 0 Å². The largest absolute Gasteiger partial charge is 0.393 e. The number of rotatable bonds is 4. The van der Waals surface area contributed by atoms with Crippen molar-refractivity contribution in [2.45, 2.75) is 11.7 Å². The highest BCUT2D eigenvalue weighted by Crippen LogP contribution is 2.30. The first-order valence-electron chi connectivity index (χ1n) is 7.09. The van der Waals surface area contributed by atoms with Crippen molar-refractivity contribution in [3.05, 3.63) is 22.7 Å². The fraction of sp³-hybridized carbons (Fsp3) is 0.615. The Hall–Kier alpha value is -1.42. The fourth-order valence-electron chi connectivity index (χ4n) is 2.21. The lowest BCUT2D eigenvalue weighted by Gasteiger charge is -2.23. The van der Waals surface area contributed by atoms with Gasteiger partial charge >= 0.3 is 5.69 Å². The molecule has 1 N–H and O–H groups in total. The minimum atomic E-state index is -0.402. The van der Waals surface area contributed by atoms with Gasteiger partial charge in [0.05, 0.1) is 26.2 Å². The highest BCUT2D eigenvalue weighted by molar-refractivity contribution is 8.00. The van der Waals surface area contributed by atoms with Gasteiger partial charge in [-0.05, 0) is 6.07 Å². The molecule has 0 spiro atoms. The summed E-state index contributed by atoms with van der Waals surface area (Å²) in [6, 6.07) is 1.68. The monoisotopic (exact) mass is 326 g/mol. The Morgan fingerprint density at radius 3 is 3.00 bits per heavy atom. The smallest absolute Gasteiger partial charge is 0.351 e. The minimum absolute atomic E-state index is 0.0642. The van der Waals surface area contributed by atoms with Gasteiger partial charge in [-0.25, -0.2) is 9.79 Å². The summed E-state index contributed by atoms with van der Waals surface area (Å²) >= 11 is 1.48. The van der Waals surface area contributed by atoms with Gasteiger partial charge in [0.15, 0.2) is 5.82 Å². The van der Waals surface area contributed by atoms with Crippen molar-refractivity contribution in [2.75, 3.05) is 38.7 Å². The molecule has 3 rings (SSSR count). The topological polar surface area (TPSA) is 89.2 Å². The van der Waals surface area contributed by atoms with Crippen LogP contribution in [0.4, 0.5) is 5.82 Å². The number of aliphatic imine (C=N–C) groups is 1. The third kappa shape index (κ3) is 3.67. The Labute approximate surface area is 131 Å². The molecule has 0 saturated carbocycles. The van der Waals surface area contributed by atoms with Gasteiger partial charge in [0.2, 0.25) is 0 Å². The Balaban J connectivity index is 1.67. The van der Waals surface area contributed by atoms with Crippen LogP contribution in [-0.2, 0) is 9.47 Å². The molecule has 1 aromatic rings. The van der Waals surface area contributed by atoms with E-state index in [9.17, 15) is 4.79 Å². The summed E-state index contributed by atoms with van der Waals surface area (Å²) in [5, 5.41) is 9.06. The van der Waals surface area contributed by atoms with Gasteiger partial charge in [-0.1, -0.05) is 0 Å². The highest BCUT2D eigenvalue weighted by Gasteiger charge is 2.27. The summed E-state index contributed by atoms with van der Waals surface area (Å²) in [7, 11) is 0. The zero-order chi connectivity index (χ0) is 15.4. The molecule has 0 radical (unpaired) electrons. The Bertz CT molecular complexity index is 588. The molecule has 3 heterocycles. The maximum absolute atomic E-state index is 12.1. The first-order valence-corrected chi connectivity index (χ1v) is 8.14. The van der Waals surface area contributed by atoms with Crippen molar-refractivity contribution in [1.29, 1.82) is 0 Å². The third-order valence-electron chi connectivity index (χ3n) is 3.41. The maximum atomic E-state index is 12.1. The van der Waals surface area contributed by atoms with Gasteiger partial charge < -0.3 is 19.5 Å². The quantitative estimate of drug-likeness (QED) is 0.606. The second-order valence-corrected chi connectivity index (χ2v) is 6.10. The van der Waals surface area contributed by atoms with Crippen molar-refractivity contribution in [3.63, 3.8) is 0 Å². The summed E-state index contributed by atoms with van der Waals surface area (Å²) in [5.74, 6) is 0.987. The van der Waals surface area contributed by atoms with Crippen LogP contribution < -0.4 is 5.69 Å². The number of aliphatic hydroxyl groups is 1.